The number of amides is 1. The van der Waals surface area contributed by atoms with Gasteiger partial charge in [0.2, 0.25) is 5.91 Å². The van der Waals surface area contributed by atoms with E-state index in [0.717, 1.165) is 5.69 Å². The topological polar surface area (TPSA) is 66.6 Å². The van der Waals surface area contributed by atoms with Crippen molar-refractivity contribution < 1.29 is 9.90 Å². The van der Waals surface area contributed by atoms with E-state index in [1.54, 1.807) is 24.3 Å². The monoisotopic (exact) mass is 222 g/mol. The third kappa shape index (κ3) is 2.89. The molecule has 0 saturated heterocycles. The number of nitrogens with zero attached hydrogens (tertiary/aromatic N) is 1. The number of nitrogens with two attached hydrogens (primary N) is 1. The Bertz CT molecular complexity index is 371. The molecule has 0 spiro atoms. The zero-order valence-corrected chi connectivity index (χ0v) is 9.90. The Kier molecular flexibility index (Phi) is 3.42. The van der Waals surface area contributed by atoms with Crippen LogP contribution >= 0.6 is 0 Å². The number of hydrogen-bond acceptors (Lipinski definition) is 3. The van der Waals surface area contributed by atoms with E-state index in [1.165, 1.54) is 0 Å². The van der Waals surface area contributed by atoms with Crippen LogP contribution in [0, 0.1) is 5.41 Å². The number of benzene rings is 1. The van der Waals surface area contributed by atoms with Gasteiger partial charge < -0.3 is 15.7 Å². The molecule has 88 valence electrons. The number of phenols is 1. The van der Waals surface area contributed by atoms with Gasteiger partial charge in [0.25, 0.3) is 0 Å². The van der Waals surface area contributed by atoms with E-state index in [2.05, 4.69) is 0 Å². The van der Waals surface area contributed by atoms with Crippen LogP contribution in [0.2, 0.25) is 0 Å². The molecule has 0 aliphatic carbocycles. The molecule has 0 bridgehead atoms. The Morgan fingerprint density at radius 1 is 1.38 bits per heavy atom. The van der Waals surface area contributed by atoms with Gasteiger partial charge in [0.1, 0.15) is 5.75 Å². The summed E-state index contributed by atoms with van der Waals surface area (Å²) in [6.45, 7) is 4.16. The number of hydrogen-bond donors (Lipinski definition) is 2. The van der Waals surface area contributed by atoms with E-state index in [9.17, 15) is 4.79 Å². The van der Waals surface area contributed by atoms with Gasteiger partial charge in [-0.25, -0.2) is 0 Å². The highest BCUT2D eigenvalue weighted by atomic mass is 16.3. The number of primary amides is 1. The predicted molar refractivity (Wildman–Crippen MR) is 64.4 cm³/mol. The molecule has 0 heterocycles. The van der Waals surface area contributed by atoms with Crippen LogP contribution in [-0.2, 0) is 4.79 Å². The predicted octanol–water partition coefficient (Wildman–Crippen LogP) is 1.34. The summed E-state index contributed by atoms with van der Waals surface area (Å²) in [4.78, 5) is 13.1. The number of carbonyl (C=O) groups is 1. The molecule has 3 N–H and O–H groups in total. The van der Waals surface area contributed by atoms with Crippen molar-refractivity contribution in [2.45, 2.75) is 13.8 Å². The van der Waals surface area contributed by atoms with Gasteiger partial charge in [-0.3, -0.25) is 4.79 Å². The Balaban J connectivity index is 2.76. The summed E-state index contributed by atoms with van der Waals surface area (Å²) in [5.74, 6) is -0.0931. The van der Waals surface area contributed by atoms with Gasteiger partial charge in [0.15, 0.2) is 0 Å². The number of phenolic OH excluding ortho intramolecular Hbond substituents is 1. The molecule has 0 fully saturated rings. The van der Waals surface area contributed by atoms with E-state index in [0.29, 0.717) is 6.54 Å². The van der Waals surface area contributed by atoms with Crippen LogP contribution in [0.1, 0.15) is 13.8 Å². The number of anilines is 1. The number of rotatable bonds is 4. The molecule has 0 aliphatic rings. The zero-order chi connectivity index (χ0) is 12.3. The van der Waals surface area contributed by atoms with E-state index in [4.69, 9.17) is 10.8 Å². The SMILES string of the molecule is CN(CC(C)(C)C(N)=O)c1ccc(O)cc1. The highest BCUT2D eigenvalue weighted by molar-refractivity contribution is 5.80. The fraction of sp³-hybridized carbons (Fsp3) is 0.417. The first-order chi connectivity index (χ1) is 7.33. The van der Waals surface area contributed by atoms with Crippen molar-refractivity contribution in [2.75, 3.05) is 18.5 Å². The number of aromatic hydroxyl groups is 1. The van der Waals surface area contributed by atoms with Crippen LogP contribution < -0.4 is 10.6 Å². The van der Waals surface area contributed by atoms with Crippen LogP contribution in [0.25, 0.3) is 0 Å². The normalized spacial score (nSPS) is 11.2. The molecular weight excluding hydrogens is 204 g/mol. The van der Waals surface area contributed by atoms with Crippen LogP contribution in [0.3, 0.4) is 0 Å². The van der Waals surface area contributed by atoms with Crippen LogP contribution in [0.4, 0.5) is 5.69 Å². The second kappa shape index (κ2) is 4.43. The molecule has 1 aromatic rings. The van der Waals surface area contributed by atoms with Crippen LogP contribution in [0.15, 0.2) is 24.3 Å². The maximum absolute atomic E-state index is 11.2. The maximum Gasteiger partial charge on any atom is 0.224 e. The summed E-state index contributed by atoms with van der Waals surface area (Å²) in [6, 6.07) is 6.82. The van der Waals surface area contributed by atoms with E-state index in [-0.39, 0.29) is 11.7 Å². The maximum atomic E-state index is 11.2. The van der Waals surface area contributed by atoms with Crippen molar-refractivity contribution in [2.24, 2.45) is 11.1 Å². The van der Waals surface area contributed by atoms with E-state index in [1.807, 2.05) is 25.8 Å². The fourth-order valence-corrected chi connectivity index (χ4v) is 1.47. The lowest BCUT2D eigenvalue weighted by molar-refractivity contribution is -0.125. The summed E-state index contributed by atoms with van der Waals surface area (Å²) in [5, 5.41) is 9.17. The lowest BCUT2D eigenvalue weighted by atomic mass is 9.92. The summed E-state index contributed by atoms with van der Waals surface area (Å²) >= 11 is 0. The standard InChI is InChI=1S/C12H18N2O2/c1-12(2,11(13)16)8-14(3)9-4-6-10(15)7-5-9/h4-7,15H,8H2,1-3H3,(H2,13,16). The second-order valence-electron chi connectivity index (χ2n) is 4.62. The van der Waals surface area contributed by atoms with Gasteiger partial charge in [-0.05, 0) is 38.1 Å². The second-order valence-corrected chi connectivity index (χ2v) is 4.62. The van der Waals surface area contributed by atoms with Gasteiger partial charge in [0, 0.05) is 19.3 Å². The Morgan fingerprint density at radius 2 is 1.88 bits per heavy atom. The van der Waals surface area contributed by atoms with Crippen molar-refractivity contribution in [1.82, 2.24) is 0 Å². The molecule has 0 unspecified atom stereocenters. The molecular formula is C12H18N2O2. The molecule has 0 aliphatic heterocycles. The lowest BCUT2D eigenvalue weighted by Crippen LogP contribution is -2.41. The zero-order valence-electron chi connectivity index (χ0n) is 9.90. The molecule has 1 amide bonds. The summed E-state index contributed by atoms with van der Waals surface area (Å²) in [6.07, 6.45) is 0. The minimum atomic E-state index is -0.577. The first-order valence-electron chi connectivity index (χ1n) is 5.13. The molecule has 0 saturated carbocycles. The Morgan fingerprint density at radius 3 is 2.31 bits per heavy atom. The molecule has 0 radical (unpaired) electrons. The van der Waals surface area contributed by atoms with Crippen molar-refractivity contribution in [3.8, 4) is 5.75 Å². The van der Waals surface area contributed by atoms with Crippen LogP contribution in [0.5, 0.6) is 5.75 Å². The van der Waals surface area contributed by atoms with Crippen molar-refractivity contribution in [3.05, 3.63) is 24.3 Å². The van der Waals surface area contributed by atoms with Crippen molar-refractivity contribution >= 4 is 11.6 Å². The highest BCUT2D eigenvalue weighted by Gasteiger charge is 2.26. The molecule has 0 aromatic heterocycles. The van der Waals surface area contributed by atoms with Gasteiger partial charge in [-0.1, -0.05) is 0 Å². The minimum absolute atomic E-state index is 0.228. The molecule has 4 nitrogen and oxygen atoms in total. The lowest BCUT2D eigenvalue weighted by Gasteiger charge is -2.29. The quantitative estimate of drug-likeness (QED) is 0.808. The Hall–Kier alpha value is -1.71. The van der Waals surface area contributed by atoms with E-state index >= 15 is 0 Å². The largest absolute Gasteiger partial charge is 0.508 e. The molecule has 4 heteroatoms. The third-order valence-corrected chi connectivity index (χ3v) is 2.59. The van der Waals surface area contributed by atoms with E-state index < -0.39 is 5.41 Å². The summed E-state index contributed by atoms with van der Waals surface area (Å²) < 4.78 is 0. The van der Waals surface area contributed by atoms with Gasteiger partial charge in [-0.2, -0.15) is 0 Å². The van der Waals surface area contributed by atoms with Gasteiger partial charge in [-0.15, -0.1) is 0 Å². The van der Waals surface area contributed by atoms with Gasteiger partial charge in [0.05, 0.1) is 5.41 Å². The van der Waals surface area contributed by atoms with Crippen molar-refractivity contribution in [3.63, 3.8) is 0 Å². The molecule has 0 atom stereocenters. The van der Waals surface area contributed by atoms with Crippen LogP contribution in [-0.4, -0.2) is 24.6 Å². The fourth-order valence-electron chi connectivity index (χ4n) is 1.47. The molecule has 16 heavy (non-hydrogen) atoms. The molecule has 1 aromatic carbocycles. The average molecular weight is 222 g/mol. The third-order valence-electron chi connectivity index (χ3n) is 2.59. The Labute approximate surface area is 95.7 Å². The summed E-state index contributed by atoms with van der Waals surface area (Å²) in [7, 11) is 1.89. The number of carbonyl (C=O) groups excluding carboxylic acids is 1. The highest BCUT2D eigenvalue weighted by Crippen LogP contribution is 2.22. The smallest absolute Gasteiger partial charge is 0.224 e. The summed E-state index contributed by atoms with van der Waals surface area (Å²) in [5.41, 5.74) is 5.68. The first kappa shape index (κ1) is 12.4. The van der Waals surface area contributed by atoms with Gasteiger partial charge >= 0.3 is 0 Å². The van der Waals surface area contributed by atoms with Crippen molar-refractivity contribution in [1.29, 1.82) is 0 Å². The first-order valence-corrected chi connectivity index (χ1v) is 5.13. The minimum Gasteiger partial charge on any atom is -0.508 e. The molecule has 1 rings (SSSR count). The average Bonchev–Trinajstić information content (AvgIpc) is 2.17.